The first kappa shape index (κ1) is 11.2. The van der Waals surface area contributed by atoms with Crippen LogP contribution in [0.4, 0.5) is 5.95 Å². The molecule has 0 aliphatic carbocycles. The van der Waals surface area contributed by atoms with Crippen LogP contribution in [0.15, 0.2) is 18.3 Å². The number of fused-ring (bicyclic) bond motifs is 1. The van der Waals surface area contributed by atoms with Gasteiger partial charge in [-0.15, -0.1) is 5.10 Å². The molecule has 1 N–H and O–H groups in total. The lowest BCUT2D eigenvalue weighted by Gasteiger charge is -2.11. The van der Waals surface area contributed by atoms with Crippen LogP contribution in [0.5, 0.6) is 0 Å². The highest BCUT2D eigenvalue weighted by atomic mass is 35.5. The lowest BCUT2D eigenvalue weighted by Crippen LogP contribution is -2.17. The first-order chi connectivity index (χ1) is 7.72. The molecule has 0 radical (unpaired) electrons. The summed E-state index contributed by atoms with van der Waals surface area (Å²) in [6.45, 7) is 4.29. The summed E-state index contributed by atoms with van der Waals surface area (Å²) in [4.78, 5) is 4.37. The van der Waals surface area contributed by atoms with Crippen LogP contribution in [0.1, 0.15) is 26.7 Å². The molecule has 0 unspecified atom stereocenters. The summed E-state index contributed by atoms with van der Waals surface area (Å²) in [6.07, 6.45) is 3.88. The molecule has 2 aromatic heterocycles. The Hall–Kier alpha value is -1.29. The minimum absolute atomic E-state index is 0.424. The summed E-state index contributed by atoms with van der Waals surface area (Å²) in [6, 6.07) is 4.09. The van der Waals surface area contributed by atoms with Crippen LogP contribution >= 0.6 is 11.6 Å². The molecule has 0 aliphatic rings. The molecule has 0 bridgehead atoms. The largest absolute Gasteiger partial charge is 0.350 e. The van der Waals surface area contributed by atoms with Crippen LogP contribution in [-0.2, 0) is 0 Å². The highest BCUT2D eigenvalue weighted by molar-refractivity contribution is 6.30. The van der Waals surface area contributed by atoms with E-state index >= 15 is 0 Å². The van der Waals surface area contributed by atoms with Crippen LogP contribution in [0.2, 0.25) is 5.02 Å². The summed E-state index contributed by atoms with van der Waals surface area (Å²) in [5, 5.41) is 8.28. The fourth-order valence-corrected chi connectivity index (χ4v) is 1.75. The predicted octanol–water partition coefficient (Wildman–Crippen LogP) is 2.98. The fourth-order valence-electron chi connectivity index (χ4n) is 1.59. The molecule has 5 heteroatoms. The third-order valence-corrected chi connectivity index (χ3v) is 2.84. The third kappa shape index (κ3) is 2.27. The molecular weight excluding hydrogens is 224 g/mol. The molecule has 0 spiro atoms. The van der Waals surface area contributed by atoms with Crippen molar-refractivity contribution < 1.29 is 0 Å². The molecule has 0 saturated heterocycles. The Morgan fingerprint density at radius 3 is 2.81 bits per heavy atom. The zero-order chi connectivity index (χ0) is 11.5. The van der Waals surface area contributed by atoms with Gasteiger partial charge in [-0.25, -0.2) is 4.52 Å². The topological polar surface area (TPSA) is 42.2 Å². The molecule has 0 fully saturated rings. The molecule has 0 saturated carbocycles. The predicted molar refractivity (Wildman–Crippen MR) is 66.0 cm³/mol. The van der Waals surface area contributed by atoms with Crippen molar-refractivity contribution in [1.29, 1.82) is 0 Å². The monoisotopic (exact) mass is 238 g/mol. The molecule has 4 nitrogen and oxygen atoms in total. The second-order valence-electron chi connectivity index (χ2n) is 3.74. The highest BCUT2D eigenvalue weighted by Gasteiger charge is 2.07. The van der Waals surface area contributed by atoms with E-state index in [1.165, 1.54) is 0 Å². The number of anilines is 1. The van der Waals surface area contributed by atoms with Gasteiger partial charge in [0.1, 0.15) is 0 Å². The normalized spacial score (nSPS) is 11.2. The van der Waals surface area contributed by atoms with Crippen LogP contribution in [-0.4, -0.2) is 20.6 Å². The van der Waals surface area contributed by atoms with Gasteiger partial charge in [0.2, 0.25) is 5.95 Å². The Kier molecular flexibility index (Phi) is 3.29. The molecule has 0 aliphatic heterocycles. The van der Waals surface area contributed by atoms with E-state index in [0.717, 1.165) is 18.5 Å². The summed E-state index contributed by atoms with van der Waals surface area (Å²) in [5.74, 6) is 0.663. The minimum Gasteiger partial charge on any atom is -0.350 e. The maximum absolute atomic E-state index is 5.88. The number of pyridine rings is 1. The number of nitrogens with one attached hydrogen (secondary N) is 1. The number of hydrogen-bond acceptors (Lipinski definition) is 3. The summed E-state index contributed by atoms with van der Waals surface area (Å²) in [5.41, 5.74) is 0.804. The first-order valence-electron chi connectivity index (χ1n) is 5.51. The molecule has 0 atom stereocenters. The van der Waals surface area contributed by atoms with Crippen LogP contribution in [0.3, 0.4) is 0 Å². The van der Waals surface area contributed by atoms with E-state index < -0.39 is 0 Å². The number of aromatic nitrogens is 3. The van der Waals surface area contributed by atoms with Gasteiger partial charge in [-0.2, -0.15) is 4.98 Å². The van der Waals surface area contributed by atoms with Gasteiger partial charge >= 0.3 is 0 Å². The molecule has 16 heavy (non-hydrogen) atoms. The average Bonchev–Trinajstić information content (AvgIpc) is 2.67. The van der Waals surface area contributed by atoms with Crippen molar-refractivity contribution in [2.45, 2.75) is 32.7 Å². The number of nitrogens with zero attached hydrogens (tertiary/aromatic N) is 3. The van der Waals surface area contributed by atoms with Crippen LogP contribution in [0.25, 0.3) is 5.65 Å². The van der Waals surface area contributed by atoms with E-state index in [1.54, 1.807) is 10.7 Å². The van der Waals surface area contributed by atoms with Crippen molar-refractivity contribution in [3.8, 4) is 0 Å². The van der Waals surface area contributed by atoms with Gasteiger partial charge in [0.15, 0.2) is 5.65 Å². The quantitative estimate of drug-likeness (QED) is 0.891. The Morgan fingerprint density at radius 1 is 1.38 bits per heavy atom. The second kappa shape index (κ2) is 4.70. The molecule has 2 heterocycles. The Labute approximate surface area is 99.6 Å². The Bertz CT molecular complexity index is 476. The SMILES string of the molecule is CCC(CC)Nc1nc2ccc(Cl)cn2n1. The first-order valence-corrected chi connectivity index (χ1v) is 5.89. The Morgan fingerprint density at radius 2 is 2.12 bits per heavy atom. The summed E-state index contributed by atoms with van der Waals surface area (Å²) in [7, 11) is 0. The molecule has 2 aromatic rings. The molecule has 0 aromatic carbocycles. The average molecular weight is 239 g/mol. The highest BCUT2D eigenvalue weighted by Crippen LogP contribution is 2.12. The molecule has 2 rings (SSSR count). The van der Waals surface area contributed by atoms with Crippen LogP contribution in [0, 0.1) is 0 Å². The smallest absolute Gasteiger partial charge is 0.243 e. The second-order valence-corrected chi connectivity index (χ2v) is 4.18. The zero-order valence-electron chi connectivity index (χ0n) is 9.44. The molecular formula is C11H15ClN4. The molecule has 86 valence electrons. The van der Waals surface area contributed by atoms with E-state index in [-0.39, 0.29) is 0 Å². The summed E-state index contributed by atoms with van der Waals surface area (Å²) >= 11 is 5.88. The van der Waals surface area contributed by atoms with E-state index in [9.17, 15) is 0 Å². The van der Waals surface area contributed by atoms with E-state index in [0.29, 0.717) is 17.0 Å². The molecule has 0 amide bonds. The maximum atomic E-state index is 5.88. The minimum atomic E-state index is 0.424. The third-order valence-electron chi connectivity index (χ3n) is 2.61. The number of halogens is 1. The van der Waals surface area contributed by atoms with Crippen molar-refractivity contribution >= 4 is 23.2 Å². The van der Waals surface area contributed by atoms with Gasteiger partial charge in [-0.05, 0) is 25.0 Å². The van der Waals surface area contributed by atoms with Crippen molar-refractivity contribution in [2.24, 2.45) is 0 Å². The Balaban J connectivity index is 2.25. The van der Waals surface area contributed by atoms with Gasteiger partial charge in [0, 0.05) is 12.2 Å². The van der Waals surface area contributed by atoms with E-state index in [4.69, 9.17) is 11.6 Å². The van der Waals surface area contributed by atoms with Gasteiger partial charge in [-0.1, -0.05) is 25.4 Å². The fraction of sp³-hybridized carbons (Fsp3) is 0.455. The van der Waals surface area contributed by atoms with E-state index in [2.05, 4.69) is 29.2 Å². The number of rotatable bonds is 4. The van der Waals surface area contributed by atoms with Gasteiger partial charge in [0.05, 0.1) is 5.02 Å². The lowest BCUT2D eigenvalue weighted by atomic mass is 10.2. The maximum Gasteiger partial charge on any atom is 0.243 e. The van der Waals surface area contributed by atoms with Crippen molar-refractivity contribution in [3.63, 3.8) is 0 Å². The van der Waals surface area contributed by atoms with E-state index in [1.807, 2.05) is 12.1 Å². The van der Waals surface area contributed by atoms with Crippen molar-refractivity contribution in [2.75, 3.05) is 5.32 Å². The van der Waals surface area contributed by atoms with Crippen molar-refractivity contribution in [3.05, 3.63) is 23.4 Å². The van der Waals surface area contributed by atoms with Crippen molar-refractivity contribution in [1.82, 2.24) is 14.6 Å². The van der Waals surface area contributed by atoms with Gasteiger partial charge < -0.3 is 5.32 Å². The summed E-state index contributed by atoms with van der Waals surface area (Å²) < 4.78 is 1.69. The zero-order valence-corrected chi connectivity index (χ0v) is 10.2. The standard InChI is InChI=1S/C11H15ClN4/c1-3-9(4-2)13-11-14-10-6-5-8(12)7-16(10)15-11/h5-7,9H,3-4H2,1-2H3,(H,13,15). The van der Waals surface area contributed by atoms with Gasteiger partial charge in [-0.3, -0.25) is 0 Å². The number of hydrogen-bond donors (Lipinski definition) is 1. The lowest BCUT2D eigenvalue weighted by molar-refractivity contribution is 0.664. The van der Waals surface area contributed by atoms with Crippen LogP contribution < -0.4 is 5.32 Å². The van der Waals surface area contributed by atoms with Gasteiger partial charge in [0.25, 0.3) is 0 Å².